The molecule has 0 N–H and O–H groups in total. The van der Waals surface area contributed by atoms with Crippen molar-refractivity contribution in [2.24, 2.45) is 0 Å². The maximum Gasteiger partial charge on any atom is 0.0725 e. The van der Waals surface area contributed by atoms with Gasteiger partial charge in [0.25, 0.3) is 0 Å². The molecule has 141 heavy (non-hydrogen) atoms. The molecule has 0 radical (unpaired) electrons. The van der Waals surface area contributed by atoms with Gasteiger partial charge in [-0.3, -0.25) is 0 Å². The van der Waals surface area contributed by atoms with Crippen LogP contribution in [0.5, 0.6) is 0 Å². The first-order chi connectivity index (χ1) is 69.8. The molecule has 660 valence electrons. The highest BCUT2D eigenvalue weighted by atomic mass is 15.2. The second-order valence-electron chi connectivity index (χ2n) is 38.6. The van der Waals surface area contributed by atoms with E-state index in [1.165, 1.54) is 184 Å². The van der Waals surface area contributed by atoms with Gasteiger partial charge in [-0.15, -0.1) is 0 Å². The molecule has 0 saturated carbocycles. The average Bonchev–Trinajstić information content (AvgIpc) is 1.52. The SMILES string of the molecule is CC1(C)c2ccccc2-c2ccc(N(c3ccc4c(c3)-c3ccccc3-c3ccccc3N4c3ccccc3)c3ccc4c(c3)-c3ccccc3C43c4ccccc4-c4ccccc4-c4ccccc43)cc21.c1ccc(-c2ccccc2N(c2ccc3c(c2)-c2ccccc2-c2ccccc2N3c2ccccc2)c2ccc3c(c2)-c2ccccc2C32c3ccccc3-c3ccccc3-c3ccccc32)cc1. The third kappa shape index (κ3) is 12.1. The molecule has 4 nitrogen and oxygen atoms in total. The molecule has 0 aromatic heterocycles. The average molecular weight is 1790 g/mol. The molecule has 0 saturated heterocycles. The minimum atomic E-state index is -0.562. The lowest BCUT2D eigenvalue weighted by Crippen LogP contribution is -2.29. The summed E-state index contributed by atoms with van der Waals surface area (Å²) >= 11 is 0. The van der Waals surface area contributed by atoms with Crippen LogP contribution in [0.1, 0.15) is 69.5 Å². The van der Waals surface area contributed by atoms with Gasteiger partial charge < -0.3 is 19.6 Å². The quantitative estimate of drug-likeness (QED) is 0.143. The molecule has 22 aromatic carbocycles. The predicted octanol–water partition coefficient (Wildman–Crippen LogP) is 36.5. The Morgan fingerprint density at radius 1 is 0.149 bits per heavy atom. The Morgan fingerprint density at radius 2 is 0.383 bits per heavy atom. The zero-order valence-electron chi connectivity index (χ0n) is 77.9. The van der Waals surface area contributed by atoms with E-state index >= 15 is 0 Å². The van der Waals surface area contributed by atoms with Crippen LogP contribution in [0, 0.1) is 0 Å². The zero-order valence-corrected chi connectivity index (χ0v) is 77.9. The lowest BCUT2D eigenvalue weighted by Gasteiger charge is -2.35. The van der Waals surface area contributed by atoms with E-state index in [0.29, 0.717) is 0 Å². The zero-order chi connectivity index (χ0) is 93.2. The van der Waals surface area contributed by atoms with Crippen molar-refractivity contribution in [3.63, 3.8) is 0 Å². The van der Waals surface area contributed by atoms with Gasteiger partial charge in [0.15, 0.2) is 0 Å². The molecule has 22 aromatic rings. The summed E-state index contributed by atoms with van der Waals surface area (Å²) in [5.41, 5.74) is 55.1. The van der Waals surface area contributed by atoms with E-state index in [1.54, 1.807) is 0 Å². The predicted molar refractivity (Wildman–Crippen MR) is 587 cm³/mol. The van der Waals surface area contributed by atoms with Gasteiger partial charge in [0, 0.05) is 73.0 Å². The fourth-order valence-corrected chi connectivity index (χ4v) is 25.4. The Hall–Kier alpha value is -18.0. The third-order valence-electron chi connectivity index (χ3n) is 31.3. The van der Waals surface area contributed by atoms with Gasteiger partial charge in [-0.1, -0.05) is 420 Å². The summed E-state index contributed by atoms with van der Waals surface area (Å²) in [5, 5.41) is 0. The summed E-state index contributed by atoms with van der Waals surface area (Å²) in [5.74, 6) is 0. The number of nitrogens with zero attached hydrogens (tertiary/aromatic N) is 4. The van der Waals surface area contributed by atoms with Gasteiger partial charge in [-0.2, -0.15) is 0 Å². The number of hydrogen-bond donors (Lipinski definition) is 0. The van der Waals surface area contributed by atoms with E-state index in [1.807, 2.05) is 0 Å². The largest absolute Gasteiger partial charge is 0.310 e. The fourth-order valence-electron chi connectivity index (χ4n) is 25.4. The van der Waals surface area contributed by atoms with E-state index in [0.717, 1.165) is 73.8 Å². The lowest BCUT2D eigenvalue weighted by atomic mass is 9.66. The Balaban J connectivity index is 0.000000138. The molecule has 2 aliphatic heterocycles. The van der Waals surface area contributed by atoms with Crippen molar-refractivity contribution >= 4 is 68.2 Å². The van der Waals surface area contributed by atoms with Crippen molar-refractivity contribution in [1.29, 1.82) is 0 Å². The molecular formula is C137H92N4. The first kappa shape index (κ1) is 81.4. The summed E-state index contributed by atoms with van der Waals surface area (Å²) in [7, 11) is 0. The van der Waals surface area contributed by atoms with Crippen LogP contribution in [-0.4, -0.2) is 0 Å². The Labute approximate surface area is 822 Å². The fraction of sp³-hybridized carbons (Fsp3) is 0.0365. The highest BCUT2D eigenvalue weighted by Gasteiger charge is 2.53. The molecular weight excluding hydrogens is 1700 g/mol. The standard InChI is InChI=1S/C70H48N2.C67H44N2/c1-69(2)61-31-15-10-28-55(61)57-39-36-48(44-66(57)69)71(47-38-41-68-60(43-47)52-25-9-8-24-51(52)58-30-14-19-35-67(58)72(68)45-20-4-3-5-21-45)46-37-40-65-59(42-46)56-29-13-18-34-64(56)70(65)62-32-16-11-26-53(62)49-22-6-7-23-50(49)54-27-12-17-33-63(54)70;1-3-21-45(22-4-1)49-25-14-19-37-64(49)68(48-40-42-66-59(44-48)53-29-10-9-28-52(53)57-33-15-20-38-65(57)69(66)46-23-5-2-6-24-46)47-39-41-63-58(43-47)56-32-13-18-36-62(56)67(63)60-34-16-11-30-54(60)50-26-7-8-27-51(50)55-31-12-17-35-61(55)67/h3-44H,1-2H3;1-44H. The molecule has 0 amide bonds. The van der Waals surface area contributed by atoms with Gasteiger partial charge in [0.05, 0.1) is 39.3 Å². The second-order valence-corrected chi connectivity index (χ2v) is 38.6. The van der Waals surface area contributed by atoms with Crippen LogP contribution in [0.15, 0.2) is 522 Å². The Morgan fingerprint density at radius 3 is 0.766 bits per heavy atom. The van der Waals surface area contributed by atoms with Crippen LogP contribution in [0.2, 0.25) is 0 Å². The van der Waals surface area contributed by atoms with Crippen LogP contribution in [0.25, 0.3) is 134 Å². The molecule has 5 aliphatic carbocycles. The highest BCUT2D eigenvalue weighted by Crippen LogP contribution is 2.67. The highest BCUT2D eigenvalue weighted by molar-refractivity contribution is 6.09. The van der Waals surface area contributed by atoms with Crippen molar-refractivity contribution in [2.45, 2.75) is 30.1 Å². The van der Waals surface area contributed by atoms with Gasteiger partial charge in [-0.05, 0) is 277 Å². The number of rotatable bonds is 9. The van der Waals surface area contributed by atoms with Gasteiger partial charge >= 0.3 is 0 Å². The Kier molecular flexibility index (Phi) is 18.5. The van der Waals surface area contributed by atoms with Crippen LogP contribution >= 0.6 is 0 Å². The molecule has 0 bridgehead atoms. The number of hydrogen-bond acceptors (Lipinski definition) is 4. The van der Waals surface area contributed by atoms with E-state index in [-0.39, 0.29) is 5.41 Å². The summed E-state index contributed by atoms with van der Waals surface area (Å²) in [6, 6.07) is 195. The molecule has 7 aliphatic rings. The number of para-hydroxylation sites is 5. The van der Waals surface area contributed by atoms with Gasteiger partial charge in [0.2, 0.25) is 0 Å². The molecule has 0 atom stereocenters. The lowest BCUT2D eigenvalue weighted by molar-refractivity contribution is 0.660. The Bertz CT molecular complexity index is 8750. The van der Waals surface area contributed by atoms with Crippen LogP contribution in [0.4, 0.5) is 68.2 Å². The van der Waals surface area contributed by atoms with Crippen molar-refractivity contribution in [3.8, 4) is 134 Å². The topological polar surface area (TPSA) is 13.0 Å². The van der Waals surface area contributed by atoms with Gasteiger partial charge in [-0.25, -0.2) is 0 Å². The summed E-state index contributed by atoms with van der Waals surface area (Å²) in [4.78, 5) is 9.89. The van der Waals surface area contributed by atoms with Gasteiger partial charge in [0.1, 0.15) is 0 Å². The number of benzene rings is 22. The summed E-state index contributed by atoms with van der Waals surface area (Å²) < 4.78 is 0. The molecule has 0 fully saturated rings. The van der Waals surface area contributed by atoms with Crippen molar-refractivity contribution in [1.82, 2.24) is 0 Å². The molecule has 29 rings (SSSR count). The molecule has 2 spiro atoms. The van der Waals surface area contributed by atoms with E-state index in [9.17, 15) is 0 Å². The smallest absolute Gasteiger partial charge is 0.0725 e. The van der Waals surface area contributed by atoms with Crippen LogP contribution in [-0.2, 0) is 16.2 Å². The number of fused-ring (bicyclic) bond motifs is 37. The first-order valence-electron chi connectivity index (χ1n) is 49.2. The summed E-state index contributed by atoms with van der Waals surface area (Å²) in [6.07, 6.45) is 0. The minimum absolute atomic E-state index is 0.177. The van der Waals surface area contributed by atoms with Crippen molar-refractivity contribution < 1.29 is 0 Å². The first-order valence-corrected chi connectivity index (χ1v) is 49.2. The van der Waals surface area contributed by atoms with E-state index < -0.39 is 10.8 Å². The van der Waals surface area contributed by atoms with E-state index in [4.69, 9.17) is 0 Å². The van der Waals surface area contributed by atoms with Crippen LogP contribution < -0.4 is 19.6 Å². The second kappa shape index (κ2) is 32.1. The van der Waals surface area contributed by atoms with Crippen molar-refractivity contribution in [2.75, 3.05) is 19.6 Å². The number of anilines is 12. The summed E-state index contributed by atoms with van der Waals surface area (Å²) in [6.45, 7) is 4.76. The molecule has 2 heterocycles. The maximum absolute atomic E-state index is 2.52. The molecule has 0 unspecified atom stereocenters. The van der Waals surface area contributed by atoms with E-state index in [2.05, 4.69) is 555 Å². The monoisotopic (exact) mass is 1790 g/mol. The maximum atomic E-state index is 2.52. The third-order valence-corrected chi connectivity index (χ3v) is 31.3. The van der Waals surface area contributed by atoms with Crippen LogP contribution in [0.3, 0.4) is 0 Å². The molecule has 4 heteroatoms. The normalized spacial score (nSPS) is 13.6. The van der Waals surface area contributed by atoms with Crippen molar-refractivity contribution in [3.05, 3.63) is 577 Å². The minimum Gasteiger partial charge on any atom is -0.310 e.